The van der Waals surface area contributed by atoms with Gasteiger partial charge in [-0.3, -0.25) is 4.39 Å². The monoisotopic (exact) mass is 203 g/mol. The Hall–Kier alpha value is -0.150. The van der Waals surface area contributed by atoms with E-state index in [0.29, 0.717) is 12.5 Å². The molecule has 84 valence electrons. The standard InChI is InChI=1S/C11H22FNO/c1-10(2)9(13-7-5-6-12)8-11(10,3)14-4/h9,13H,5-8H2,1-4H3. The van der Waals surface area contributed by atoms with Crippen molar-refractivity contribution in [1.29, 1.82) is 0 Å². The van der Waals surface area contributed by atoms with Gasteiger partial charge >= 0.3 is 0 Å². The quantitative estimate of drug-likeness (QED) is 0.691. The highest BCUT2D eigenvalue weighted by Gasteiger charge is 2.57. The van der Waals surface area contributed by atoms with Crippen molar-refractivity contribution in [2.24, 2.45) is 5.41 Å². The van der Waals surface area contributed by atoms with Crippen LogP contribution in [0.5, 0.6) is 0 Å². The number of hydrogen-bond donors (Lipinski definition) is 1. The molecule has 1 N–H and O–H groups in total. The summed E-state index contributed by atoms with van der Waals surface area (Å²) < 4.78 is 17.4. The predicted octanol–water partition coefficient (Wildman–Crippen LogP) is 2.14. The van der Waals surface area contributed by atoms with Gasteiger partial charge in [0, 0.05) is 18.6 Å². The SMILES string of the molecule is COC1(C)CC(NCCCF)C1(C)C. The fourth-order valence-corrected chi connectivity index (χ4v) is 2.16. The number of ether oxygens (including phenoxy) is 1. The van der Waals surface area contributed by atoms with Gasteiger partial charge in [-0.05, 0) is 26.3 Å². The van der Waals surface area contributed by atoms with Crippen molar-refractivity contribution in [3.05, 3.63) is 0 Å². The van der Waals surface area contributed by atoms with E-state index in [2.05, 4.69) is 26.1 Å². The van der Waals surface area contributed by atoms with Crippen LogP contribution in [0.2, 0.25) is 0 Å². The summed E-state index contributed by atoms with van der Waals surface area (Å²) in [6.07, 6.45) is 1.62. The highest BCUT2D eigenvalue weighted by molar-refractivity contribution is 5.11. The molecule has 0 aromatic carbocycles. The Bertz CT molecular complexity index is 196. The Morgan fingerprint density at radius 3 is 2.50 bits per heavy atom. The van der Waals surface area contributed by atoms with Crippen molar-refractivity contribution in [3.8, 4) is 0 Å². The molecule has 0 heterocycles. The number of methoxy groups -OCH3 is 1. The first-order valence-electron chi connectivity index (χ1n) is 5.32. The van der Waals surface area contributed by atoms with Crippen LogP contribution in [0, 0.1) is 5.41 Å². The first-order chi connectivity index (χ1) is 6.48. The van der Waals surface area contributed by atoms with Gasteiger partial charge in [-0.2, -0.15) is 0 Å². The highest BCUT2D eigenvalue weighted by Crippen LogP contribution is 2.51. The van der Waals surface area contributed by atoms with E-state index in [4.69, 9.17) is 4.74 Å². The molecule has 2 nitrogen and oxygen atoms in total. The molecule has 14 heavy (non-hydrogen) atoms. The average molecular weight is 203 g/mol. The Labute approximate surface area is 86.2 Å². The lowest BCUT2D eigenvalue weighted by Gasteiger charge is -2.59. The maximum Gasteiger partial charge on any atom is 0.0906 e. The Morgan fingerprint density at radius 1 is 1.43 bits per heavy atom. The summed E-state index contributed by atoms with van der Waals surface area (Å²) in [6, 6.07) is 0.457. The van der Waals surface area contributed by atoms with Crippen LogP contribution in [0.3, 0.4) is 0 Å². The van der Waals surface area contributed by atoms with Gasteiger partial charge in [0.25, 0.3) is 0 Å². The van der Waals surface area contributed by atoms with Gasteiger partial charge in [0.05, 0.1) is 12.3 Å². The number of rotatable bonds is 5. The molecule has 0 amide bonds. The first kappa shape index (κ1) is 11.9. The Balaban J connectivity index is 2.39. The van der Waals surface area contributed by atoms with Crippen molar-refractivity contribution in [2.75, 3.05) is 20.3 Å². The van der Waals surface area contributed by atoms with E-state index in [-0.39, 0.29) is 17.7 Å². The minimum atomic E-state index is -0.234. The van der Waals surface area contributed by atoms with E-state index in [1.165, 1.54) is 0 Å². The molecule has 0 aromatic rings. The van der Waals surface area contributed by atoms with Crippen LogP contribution in [-0.4, -0.2) is 32.0 Å². The van der Waals surface area contributed by atoms with E-state index in [9.17, 15) is 4.39 Å². The van der Waals surface area contributed by atoms with E-state index >= 15 is 0 Å². The molecule has 0 spiro atoms. The van der Waals surface area contributed by atoms with E-state index < -0.39 is 0 Å². The summed E-state index contributed by atoms with van der Waals surface area (Å²) in [5.41, 5.74) is 0.110. The fraction of sp³-hybridized carbons (Fsp3) is 1.00. The predicted molar refractivity (Wildman–Crippen MR) is 56.2 cm³/mol. The summed E-state index contributed by atoms with van der Waals surface area (Å²) in [4.78, 5) is 0. The Morgan fingerprint density at radius 2 is 2.07 bits per heavy atom. The second-order valence-electron chi connectivity index (χ2n) is 4.91. The van der Waals surface area contributed by atoms with Crippen LogP contribution in [0.25, 0.3) is 0 Å². The van der Waals surface area contributed by atoms with E-state index in [1.54, 1.807) is 7.11 Å². The molecule has 1 aliphatic rings. The minimum Gasteiger partial charge on any atom is -0.378 e. The molecule has 1 aliphatic carbocycles. The zero-order valence-electron chi connectivity index (χ0n) is 9.69. The second kappa shape index (κ2) is 4.15. The fourth-order valence-electron chi connectivity index (χ4n) is 2.16. The molecule has 1 fully saturated rings. The molecule has 3 heteroatoms. The molecule has 1 rings (SSSR count). The third-order valence-corrected chi connectivity index (χ3v) is 3.98. The molecule has 2 unspecified atom stereocenters. The number of nitrogens with one attached hydrogen (secondary N) is 1. The van der Waals surface area contributed by atoms with Gasteiger partial charge in [0.15, 0.2) is 0 Å². The topological polar surface area (TPSA) is 21.3 Å². The average Bonchev–Trinajstić information content (AvgIpc) is 2.16. The largest absolute Gasteiger partial charge is 0.378 e. The molecular formula is C11H22FNO. The van der Waals surface area contributed by atoms with Gasteiger partial charge in [-0.25, -0.2) is 0 Å². The Kier molecular flexibility index (Phi) is 3.53. The van der Waals surface area contributed by atoms with Crippen molar-refractivity contribution in [2.45, 2.75) is 45.3 Å². The number of halogens is 1. The van der Waals surface area contributed by atoms with Gasteiger partial charge in [-0.1, -0.05) is 13.8 Å². The van der Waals surface area contributed by atoms with E-state index in [1.807, 2.05) is 0 Å². The van der Waals surface area contributed by atoms with Crippen LogP contribution in [0.1, 0.15) is 33.6 Å². The summed E-state index contributed by atoms with van der Waals surface area (Å²) >= 11 is 0. The lowest BCUT2D eigenvalue weighted by molar-refractivity contribution is -0.180. The van der Waals surface area contributed by atoms with Crippen LogP contribution in [0.4, 0.5) is 4.39 Å². The van der Waals surface area contributed by atoms with Gasteiger partial charge in [-0.15, -0.1) is 0 Å². The molecule has 1 saturated carbocycles. The normalized spacial score (nSPS) is 35.4. The van der Waals surface area contributed by atoms with Crippen molar-refractivity contribution in [3.63, 3.8) is 0 Å². The molecule has 0 bridgehead atoms. The lowest BCUT2D eigenvalue weighted by atomic mass is 9.56. The molecule has 0 radical (unpaired) electrons. The van der Waals surface area contributed by atoms with Crippen LogP contribution in [0.15, 0.2) is 0 Å². The van der Waals surface area contributed by atoms with Crippen LogP contribution >= 0.6 is 0 Å². The molecule has 0 aliphatic heterocycles. The zero-order valence-corrected chi connectivity index (χ0v) is 9.69. The van der Waals surface area contributed by atoms with E-state index in [0.717, 1.165) is 13.0 Å². The number of alkyl halides is 1. The molecule has 0 saturated heterocycles. The third kappa shape index (κ3) is 1.80. The molecule has 2 atom stereocenters. The van der Waals surface area contributed by atoms with Crippen LogP contribution in [-0.2, 0) is 4.74 Å². The smallest absolute Gasteiger partial charge is 0.0906 e. The lowest BCUT2D eigenvalue weighted by Crippen LogP contribution is -2.67. The summed E-state index contributed by atoms with van der Waals surface area (Å²) in [7, 11) is 1.76. The second-order valence-corrected chi connectivity index (χ2v) is 4.91. The molecular weight excluding hydrogens is 181 g/mol. The summed E-state index contributed by atoms with van der Waals surface area (Å²) in [6.45, 7) is 7.08. The maximum atomic E-state index is 11.9. The van der Waals surface area contributed by atoms with Crippen molar-refractivity contribution >= 4 is 0 Å². The van der Waals surface area contributed by atoms with Gasteiger partial charge in [0.2, 0.25) is 0 Å². The van der Waals surface area contributed by atoms with Gasteiger partial charge in [0.1, 0.15) is 0 Å². The molecule has 0 aromatic heterocycles. The first-order valence-corrected chi connectivity index (χ1v) is 5.32. The zero-order chi connectivity index (χ0) is 10.8. The third-order valence-electron chi connectivity index (χ3n) is 3.98. The maximum absolute atomic E-state index is 11.9. The summed E-state index contributed by atoms with van der Waals surface area (Å²) in [5.74, 6) is 0. The summed E-state index contributed by atoms with van der Waals surface area (Å²) in [5, 5.41) is 3.38. The van der Waals surface area contributed by atoms with Crippen LogP contribution < -0.4 is 5.32 Å². The van der Waals surface area contributed by atoms with Gasteiger partial charge < -0.3 is 10.1 Å². The van der Waals surface area contributed by atoms with Crippen molar-refractivity contribution < 1.29 is 9.13 Å². The minimum absolute atomic E-state index is 0.0274. The highest BCUT2D eigenvalue weighted by atomic mass is 19.1. The number of hydrogen-bond acceptors (Lipinski definition) is 2. The van der Waals surface area contributed by atoms with Crippen molar-refractivity contribution in [1.82, 2.24) is 5.32 Å².